The van der Waals surface area contributed by atoms with E-state index in [2.05, 4.69) is 99.2 Å². The molecule has 1 N–H and O–H groups in total. The summed E-state index contributed by atoms with van der Waals surface area (Å²) < 4.78 is 9.77. The van der Waals surface area contributed by atoms with Crippen molar-refractivity contribution in [3.63, 3.8) is 0 Å². The number of benzene rings is 1. The summed E-state index contributed by atoms with van der Waals surface area (Å²) in [6.45, 7) is 19.8. The number of carbonyl (C=O) groups is 1. The van der Waals surface area contributed by atoms with Crippen LogP contribution in [0.4, 0.5) is 0 Å². The molecule has 5 fully saturated rings. The predicted molar refractivity (Wildman–Crippen MR) is 189 cm³/mol. The van der Waals surface area contributed by atoms with Gasteiger partial charge in [0.05, 0.1) is 30.0 Å². The summed E-state index contributed by atoms with van der Waals surface area (Å²) >= 11 is 2.33. The fourth-order valence-electron chi connectivity index (χ4n) is 13.1. The van der Waals surface area contributed by atoms with Crippen LogP contribution in [-0.2, 0) is 16.1 Å². The SMILES string of the molecule is C=C(C)[C@@H]1CC[C@]2(C(=O)O)CC[C@]3(C)[C@H](CC[C@@H]4[C@@]5(C)CC[C@H](OCc6cn(-c7cccc(I)c7)nn6)C(C)(C)[C@@H]5CC[C@]43C)[C@@H]12. The van der Waals surface area contributed by atoms with Gasteiger partial charge in [0.15, 0.2) is 0 Å². The number of halogens is 1. The van der Waals surface area contributed by atoms with Crippen LogP contribution in [0, 0.1) is 60.2 Å². The summed E-state index contributed by atoms with van der Waals surface area (Å²) in [4.78, 5) is 13.0. The average Bonchev–Trinajstić information content (AvgIpc) is 3.63. The maximum atomic E-state index is 13.0. The Bertz CT molecular complexity index is 1540. The Morgan fingerprint density at radius 1 is 1.00 bits per heavy atom. The van der Waals surface area contributed by atoms with Gasteiger partial charge in [-0.3, -0.25) is 4.79 Å². The second-order valence-corrected chi connectivity index (χ2v) is 18.7. The maximum absolute atomic E-state index is 13.0. The monoisotopic (exact) mass is 739 g/mol. The van der Waals surface area contributed by atoms with Gasteiger partial charge in [-0.2, -0.15) is 0 Å². The Balaban J connectivity index is 1.11. The molecule has 6 nitrogen and oxygen atoms in total. The van der Waals surface area contributed by atoms with E-state index in [0.29, 0.717) is 30.3 Å². The molecule has 5 saturated carbocycles. The molecule has 0 bridgehead atoms. The van der Waals surface area contributed by atoms with Crippen molar-refractivity contribution in [1.82, 2.24) is 15.0 Å². The van der Waals surface area contributed by atoms with Crippen LogP contribution in [0.3, 0.4) is 0 Å². The fourth-order valence-corrected chi connectivity index (χ4v) is 13.6. The molecule has 0 spiro atoms. The van der Waals surface area contributed by atoms with Gasteiger partial charge in [-0.1, -0.05) is 58.1 Å². The zero-order valence-electron chi connectivity index (χ0n) is 28.8. The molecule has 0 radical (unpaired) electrons. The Kier molecular flexibility index (Phi) is 7.94. The van der Waals surface area contributed by atoms with Crippen LogP contribution in [0.15, 0.2) is 42.6 Å². The molecule has 2 aromatic rings. The van der Waals surface area contributed by atoms with Crippen molar-refractivity contribution in [2.45, 2.75) is 118 Å². The molecule has 1 aromatic heterocycles. The minimum atomic E-state index is -0.555. The molecule has 0 unspecified atom stereocenters. The van der Waals surface area contributed by atoms with Crippen molar-refractivity contribution in [3.8, 4) is 5.69 Å². The smallest absolute Gasteiger partial charge is 0.309 e. The molecule has 5 aliphatic rings. The van der Waals surface area contributed by atoms with Crippen LogP contribution in [0.2, 0.25) is 0 Å². The maximum Gasteiger partial charge on any atom is 0.309 e. The summed E-state index contributed by atoms with van der Waals surface area (Å²) in [5, 5.41) is 19.5. The van der Waals surface area contributed by atoms with E-state index in [-0.39, 0.29) is 33.7 Å². The molecular weight excluding hydrogens is 685 g/mol. The van der Waals surface area contributed by atoms with Crippen LogP contribution in [0.1, 0.15) is 111 Å². The predicted octanol–water partition coefficient (Wildman–Crippen LogP) is 9.50. The van der Waals surface area contributed by atoms with Crippen molar-refractivity contribution in [2.75, 3.05) is 0 Å². The van der Waals surface area contributed by atoms with Crippen LogP contribution < -0.4 is 0 Å². The van der Waals surface area contributed by atoms with Crippen LogP contribution >= 0.6 is 22.6 Å². The summed E-state index contributed by atoms with van der Waals surface area (Å²) in [6, 6.07) is 8.29. The largest absolute Gasteiger partial charge is 0.481 e. The van der Waals surface area contributed by atoms with Crippen molar-refractivity contribution in [3.05, 3.63) is 51.9 Å². The first-order valence-electron chi connectivity index (χ1n) is 17.8. The topological polar surface area (TPSA) is 77.2 Å². The van der Waals surface area contributed by atoms with Gasteiger partial charge in [-0.25, -0.2) is 4.68 Å². The van der Waals surface area contributed by atoms with Crippen molar-refractivity contribution in [1.29, 1.82) is 0 Å². The molecule has 10 atom stereocenters. The minimum Gasteiger partial charge on any atom is -0.481 e. The Hall–Kier alpha value is -1.74. The molecular formula is C39H54IN3O3. The number of hydrogen-bond donors (Lipinski definition) is 1. The Morgan fingerprint density at radius 3 is 2.50 bits per heavy atom. The highest BCUT2D eigenvalue weighted by Gasteiger charge is 2.72. The van der Waals surface area contributed by atoms with Gasteiger partial charge in [0.2, 0.25) is 0 Å². The van der Waals surface area contributed by atoms with E-state index in [1.165, 1.54) is 41.2 Å². The van der Waals surface area contributed by atoms with E-state index in [0.717, 1.165) is 43.5 Å². The van der Waals surface area contributed by atoms with Crippen LogP contribution in [-0.4, -0.2) is 32.2 Å². The lowest BCUT2D eigenvalue weighted by molar-refractivity contribution is -0.252. The van der Waals surface area contributed by atoms with Crippen molar-refractivity contribution < 1.29 is 14.6 Å². The quantitative estimate of drug-likeness (QED) is 0.236. The highest BCUT2D eigenvalue weighted by atomic mass is 127. The normalized spacial score (nSPS) is 42.8. The van der Waals surface area contributed by atoms with E-state index in [4.69, 9.17) is 4.74 Å². The Labute approximate surface area is 289 Å². The molecule has 250 valence electrons. The van der Waals surface area contributed by atoms with Gasteiger partial charge >= 0.3 is 5.97 Å². The first kappa shape index (κ1) is 32.8. The second kappa shape index (κ2) is 11.1. The third-order valence-electron chi connectivity index (χ3n) is 15.5. The van der Waals surface area contributed by atoms with E-state index in [9.17, 15) is 9.90 Å². The standard InChI is InChI=1S/C39H54IN3O3/c1-24(2)28-13-18-39(34(44)45)20-19-37(6)29(33(28)39)11-12-31-36(5)16-15-32(35(3,4)30(36)14-17-38(31,37)7)46-23-26-22-43(42-41-26)27-10-8-9-25(40)21-27/h8-10,21-22,28-33H,1,11-20,23H2,2-7H3,(H,44,45)/t28-,29+,30-,31+,32-,33+,36-,37+,38+,39-/m0/s1. The van der Waals surface area contributed by atoms with E-state index < -0.39 is 11.4 Å². The molecule has 5 aliphatic carbocycles. The number of carboxylic acid groups (broad SMARTS) is 1. The molecule has 0 aliphatic heterocycles. The van der Waals surface area contributed by atoms with Gasteiger partial charge in [0.1, 0.15) is 5.69 Å². The number of aromatic nitrogens is 3. The first-order valence-corrected chi connectivity index (χ1v) is 18.9. The molecule has 46 heavy (non-hydrogen) atoms. The summed E-state index contributed by atoms with van der Waals surface area (Å²) in [7, 11) is 0. The van der Waals surface area contributed by atoms with Gasteiger partial charge in [0, 0.05) is 3.57 Å². The van der Waals surface area contributed by atoms with E-state index in [1.54, 1.807) is 0 Å². The number of rotatable bonds is 6. The Morgan fingerprint density at radius 2 is 1.78 bits per heavy atom. The number of carboxylic acids is 1. The molecule has 0 amide bonds. The number of fused-ring (bicyclic) bond motifs is 7. The summed E-state index contributed by atoms with van der Waals surface area (Å²) in [6.07, 6.45) is 13.0. The molecule has 7 rings (SSSR count). The third kappa shape index (κ3) is 4.59. The molecule has 0 saturated heterocycles. The number of aliphatic carboxylic acids is 1. The highest BCUT2D eigenvalue weighted by molar-refractivity contribution is 14.1. The molecule has 1 aromatic carbocycles. The van der Waals surface area contributed by atoms with Crippen molar-refractivity contribution >= 4 is 28.6 Å². The van der Waals surface area contributed by atoms with E-state index in [1.807, 2.05) is 16.9 Å². The highest BCUT2D eigenvalue weighted by Crippen LogP contribution is 2.77. The van der Waals surface area contributed by atoms with Gasteiger partial charge in [0.25, 0.3) is 0 Å². The molecule has 7 heteroatoms. The number of ether oxygens (including phenoxy) is 1. The van der Waals surface area contributed by atoms with Gasteiger partial charge in [-0.05, 0) is 163 Å². The summed E-state index contributed by atoms with van der Waals surface area (Å²) in [5.74, 6) is 1.74. The molecule has 1 heterocycles. The zero-order valence-corrected chi connectivity index (χ0v) is 31.0. The fraction of sp³-hybridized carbons (Fsp3) is 0.718. The van der Waals surface area contributed by atoms with Gasteiger partial charge in [-0.15, -0.1) is 5.10 Å². The van der Waals surface area contributed by atoms with Crippen LogP contribution in [0.5, 0.6) is 0 Å². The lowest BCUT2D eigenvalue weighted by atomic mass is 9.32. The average molecular weight is 740 g/mol. The first-order chi connectivity index (χ1) is 21.7. The van der Waals surface area contributed by atoms with E-state index >= 15 is 0 Å². The van der Waals surface area contributed by atoms with Crippen LogP contribution in [0.25, 0.3) is 5.69 Å². The zero-order chi connectivity index (χ0) is 32.9. The lowest BCUT2D eigenvalue weighted by Gasteiger charge is -2.72. The third-order valence-corrected chi connectivity index (χ3v) is 16.1. The number of allylic oxidation sites excluding steroid dienone is 1. The minimum absolute atomic E-state index is 0.0547. The number of nitrogens with zero attached hydrogens (tertiary/aromatic N) is 3. The van der Waals surface area contributed by atoms with Gasteiger partial charge < -0.3 is 9.84 Å². The number of hydrogen-bond acceptors (Lipinski definition) is 4. The second-order valence-electron chi connectivity index (χ2n) is 17.4. The van der Waals surface area contributed by atoms with Crippen molar-refractivity contribution in [2.24, 2.45) is 56.7 Å². The lowest BCUT2D eigenvalue weighted by Crippen LogP contribution is -2.67. The summed E-state index contributed by atoms with van der Waals surface area (Å²) in [5.41, 5.74) is 3.22.